The predicted molar refractivity (Wildman–Crippen MR) is 109 cm³/mol. The summed E-state index contributed by atoms with van der Waals surface area (Å²) < 4.78 is 51.2. The van der Waals surface area contributed by atoms with Gasteiger partial charge in [0, 0.05) is 32.1 Å². The molecule has 11 heteroatoms. The monoisotopic (exact) mass is 451 g/mol. The molecule has 1 heterocycles. The summed E-state index contributed by atoms with van der Waals surface area (Å²) in [6, 6.07) is 4.22. The Balaban J connectivity index is 2.15. The second-order valence-electron chi connectivity index (χ2n) is 6.66. The van der Waals surface area contributed by atoms with Crippen molar-refractivity contribution < 1.29 is 21.6 Å². The first-order valence-corrected chi connectivity index (χ1v) is 12.7. The number of nitrogens with zero attached hydrogens (tertiary/aromatic N) is 2. The number of sulfonamides is 2. The first kappa shape index (κ1) is 23.1. The first-order chi connectivity index (χ1) is 13.0. The van der Waals surface area contributed by atoms with Gasteiger partial charge in [0.1, 0.15) is 0 Å². The highest BCUT2D eigenvalue weighted by atomic mass is 35.5. The van der Waals surface area contributed by atoms with Crippen LogP contribution in [0.15, 0.2) is 23.1 Å². The third kappa shape index (κ3) is 5.24. The lowest BCUT2D eigenvalue weighted by Gasteiger charge is -2.29. The van der Waals surface area contributed by atoms with Crippen LogP contribution in [0, 0.1) is 5.92 Å². The normalized spacial score (nSPS) is 17.0. The Bertz CT molecular complexity index is 922. The summed E-state index contributed by atoms with van der Waals surface area (Å²) in [6.07, 6.45) is 1.94. The number of piperidine rings is 1. The molecule has 28 heavy (non-hydrogen) atoms. The molecule has 0 atom stereocenters. The van der Waals surface area contributed by atoms with Gasteiger partial charge in [-0.2, -0.15) is 4.31 Å². The van der Waals surface area contributed by atoms with Gasteiger partial charge < -0.3 is 5.32 Å². The SMILES string of the molecule is CCN(CC)S(=O)(=O)c1ccc(Cl)c(NC(=O)C2CCN(S(C)(=O)=O)CC2)c1. The summed E-state index contributed by atoms with van der Waals surface area (Å²) in [7, 11) is -6.94. The Morgan fingerprint density at radius 1 is 1.18 bits per heavy atom. The third-order valence-corrected chi connectivity index (χ3v) is 8.51. The first-order valence-electron chi connectivity index (χ1n) is 9.06. The fourth-order valence-corrected chi connectivity index (χ4v) is 5.68. The molecule has 1 amide bonds. The number of hydrogen-bond acceptors (Lipinski definition) is 5. The van der Waals surface area contributed by atoms with E-state index in [4.69, 9.17) is 11.6 Å². The molecule has 8 nitrogen and oxygen atoms in total. The van der Waals surface area contributed by atoms with Crippen molar-refractivity contribution in [2.75, 3.05) is 37.8 Å². The van der Waals surface area contributed by atoms with Crippen LogP contribution in [0.2, 0.25) is 5.02 Å². The lowest BCUT2D eigenvalue weighted by molar-refractivity contribution is -0.120. The predicted octanol–water partition coefficient (Wildman–Crippen LogP) is 1.98. The van der Waals surface area contributed by atoms with Gasteiger partial charge in [0.15, 0.2) is 0 Å². The molecule has 0 radical (unpaired) electrons. The molecular weight excluding hydrogens is 426 g/mol. The number of benzene rings is 1. The van der Waals surface area contributed by atoms with E-state index >= 15 is 0 Å². The van der Waals surface area contributed by atoms with Gasteiger partial charge in [0.2, 0.25) is 26.0 Å². The van der Waals surface area contributed by atoms with Crippen molar-refractivity contribution >= 4 is 43.2 Å². The largest absolute Gasteiger partial charge is 0.324 e. The van der Waals surface area contributed by atoms with Gasteiger partial charge >= 0.3 is 0 Å². The van der Waals surface area contributed by atoms with Crippen molar-refractivity contribution in [3.8, 4) is 0 Å². The van der Waals surface area contributed by atoms with Crippen molar-refractivity contribution in [3.05, 3.63) is 23.2 Å². The van der Waals surface area contributed by atoms with Crippen LogP contribution in [0.5, 0.6) is 0 Å². The second-order valence-corrected chi connectivity index (χ2v) is 11.0. The van der Waals surface area contributed by atoms with Crippen LogP contribution in [0.3, 0.4) is 0 Å². The standard InChI is InChI=1S/C17H26ClN3O5S2/c1-4-20(5-2)28(25,26)14-6-7-15(18)16(12-14)19-17(22)13-8-10-21(11-9-13)27(3,23)24/h6-7,12-13H,4-5,8-11H2,1-3H3,(H,19,22). The summed E-state index contributed by atoms with van der Waals surface area (Å²) in [5.41, 5.74) is 0.227. The molecule has 158 valence electrons. The topological polar surface area (TPSA) is 104 Å². The van der Waals surface area contributed by atoms with Crippen molar-refractivity contribution in [1.82, 2.24) is 8.61 Å². The number of rotatable bonds is 7. The maximum absolute atomic E-state index is 12.7. The van der Waals surface area contributed by atoms with Crippen molar-refractivity contribution in [1.29, 1.82) is 0 Å². The summed E-state index contributed by atoms with van der Waals surface area (Å²) >= 11 is 6.15. The molecule has 1 aliphatic rings. The summed E-state index contributed by atoms with van der Waals surface area (Å²) in [5.74, 6) is -0.662. The minimum Gasteiger partial charge on any atom is -0.324 e. The highest BCUT2D eigenvalue weighted by Crippen LogP contribution is 2.28. The molecule has 0 spiro atoms. The molecular formula is C17H26ClN3O5S2. The number of carbonyl (C=O) groups excluding carboxylic acids is 1. The quantitative estimate of drug-likeness (QED) is 0.682. The Morgan fingerprint density at radius 2 is 1.75 bits per heavy atom. The molecule has 1 aliphatic heterocycles. The van der Waals surface area contributed by atoms with E-state index in [1.165, 1.54) is 26.8 Å². The number of nitrogens with one attached hydrogen (secondary N) is 1. The number of hydrogen-bond donors (Lipinski definition) is 1. The molecule has 0 unspecified atom stereocenters. The van der Waals surface area contributed by atoms with E-state index in [0.29, 0.717) is 25.9 Å². The molecule has 0 aromatic heterocycles. The van der Waals surface area contributed by atoms with E-state index in [2.05, 4.69) is 5.32 Å². The van der Waals surface area contributed by atoms with E-state index in [1.54, 1.807) is 13.8 Å². The Kier molecular flexibility index (Phi) is 7.49. The Morgan fingerprint density at radius 3 is 2.25 bits per heavy atom. The lowest BCUT2D eigenvalue weighted by atomic mass is 9.97. The zero-order valence-corrected chi connectivity index (χ0v) is 18.6. The highest BCUT2D eigenvalue weighted by Gasteiger charge is 2.29. The number of carbonyl (C=O) groups is 1. The van der Waals surface area contributed by atoms with Crippen LogP contribution in [-0.4, -0.2) is 63.8 Å². The molecule has 1 aromatic carbocycles. The number of halogens is 1. The van der Waals surface area contributed by atoms with Crippen molar-refractivity contribution in [2.24, 2.45) is 5.92 Å². The van der Waals surface area contributed by atoms with Gasteiger partial charge in [-0.05, 0) is 31.0 Å². The lowest BCUT2D eigenvalue weighted by Crippen LogP contribution is -2.40. The van der Waals surface area contributed by atoms with E-state index in [-0.39, 0.29) is 40.5 Å². The fourth-order valence-electron chi connectivity index (χ4n) is 3.16. The van der Waals surface area contributed by atoms with Crippen LogP contribution in [-0.2, 0) is 24.8 Å². The smallest absolute Gasteiger partial charge is 0.243 e. The van der Waals surface area contributed by atoms with Gasteiger partial charge in [0.25, 0.3) is 0 Å². The van der Waals surface area contributed by atoms with Crippen molar-refractivity contribution in [3.63, 3.8) is 0 Å². The molecule has 0 bridgehead atoms. The average Bonchev–Trinajstić information content (AvgIpc) is 2.63. The summed E-state index contributed by atoms with van der Waals surface area (Å²) in [4.78, 5) is 12.6. The van der Waals surface area contributed by atoms with Gasteiger partial charge in [-0.25, -0.2) is 21.1 Å². The Hall–Kier alpha value is -1.20. The van der Waals surface area contributed by atoms with Crippen molar-refractivity contribution in [2.45, 2.75) is 31.6 Å². The molecule has 1 N–H and O–H groups in total. The van der Waals surface area contributed by atoms with E-state index in [9.17, 15) is 21.6 Å². The van der Waals surface area contributed by atoms with Gasteiger partial charge in [-0.15, -0.1) is 0 Å². The van der Waals surface area contributed by atoms with E-state index in [1.807, 2.05) is 0 Å². The van der Waals surface area contributed by atoms with E-state index < -0.39 is 20.0 Å². The molecule has 1 fully saturated rings. The van der Waals surface area contributed by atoms with Gasteiger partial charge in [-0.1, -0.05) is 25.4 Å². The van der Waals surface area contributed by atoms with E-state index in [0.717, 1.165) is 6.26 Å². The minimum atomic E-state index is -3.67. The Labute approximate surface area is 171 Å². The minimum absolute atomic E-state index is 0.0581. The van der Waals surface area contributed by atoms with Gasteiger partial charge in [0.05, 0.1) is 21.9 Å². The third-order valence-electron chi connectivity index (χ3n) is 4.83. The molecule has 2 rings (SSSR count). The highest BCUT2D eigenvalue weighted by molar-refractivity contribution is 7.89. The summed E-state index contributed by atoms with van der Waals surface area (Å²) in [6.45, 7) is 4.73. The molecule has 1 saturated heterocycles. The fraction of sp³-hybridized carbons (Fsp3) is 0.588. The molecule has 1 aromatic rings. The van der Waals surface area contributed by atoms with Gasteiger partial charge in [-0.3, -0.25) is 4.79 Å². The maximum atomic E-state index is 12.7. The molecule has 0 aliphatic carbocycles. The molecule has 0 saturated carbocycles. The maximum Gasteiger partial charge on any atom is 0.243 e. The summed E-state index contributed by atoms with van der Waals surface area (Å²) in [5, 5.41) is 2.94. The van der Waals surface area contributed by atoms with Crippen LogP contribution in [0.4, 0.5) is 5.69 Å². The second kappa shape index (κ2) is 9.08. The zero-order chi connectivity index (χ0) is 21.1. The number of anilines is 1. The van der Waals surface area contributed by atoms with Crippen LogP contribution >= 0.6 is 11.6 Å². The average molecular weight is 452 g/mol. The van der Waals surface area contributed by atoms with Crippen LogP contribution < -0.4 is 5.32 Å². The van der Waals surface area contributed by atoms with Crippen LogP contribution in [0.25, 0.3) is 0 Å². The zero-order valence-electron chi connectivity index (χ0n) is 16.2. The van der Waals surface area contributed by atoms with Crippen LogP contribution in [0.1, 0.15) is 26.7 Å². The number of amides is 1.